The quantitative estimate of drug-likeness (QED) is 0.291. The number of benzene rings is 3. The molecule has 4 aromatic rings. The van der Waals surface area contributed by atoms with Crippen molar-refractivity contribution in [1.82, 2.24) is 9.66 Å². The third kappa shape index (κ3) is 4.17. The molecule has 0 radical (unpaired) electrons. The molecular formula is C21H11Br2ClFN3O. The highest BCUT2D eigenvalue weighted by molar-refractivity contribution is 9.11. The summed E-state index contributed by atoms with van der Waals surface area (Å²) in [5, 5.41) is 5.27. The lowest BCUT2D eigenvalue weighted by Crippen LogP contribution is -2.20. The predicted octanol–water partition coefficient (Wildman–Crippen LogP) is 6.26. The Labute approximate surface area is 186 Å². The van der Waals surface area contributed by atoms with Crippen LogP contribution in [-0.4, -0.2) is 15.9 Å². The molecule has 144 valence electrons. The first-order valence-electron chi connectivity index (χ1n) is 8.40. The molecule has 0 fully saturated rings. The molecule has 0 saturated heterocycles. The molecule has 29 heavy (non-hydrogen) atoms. The minimum Gasteiger partial charge on any atom is -0.267 e. The van der Waals surface area contributed by atoms with Gasteiger partial charge in [0.15, 0.2) is 5.82 Å². The molecule has 0 N–H and O–H groups in total. The molecule has 0 saturated carbocycles. The van der Waals surface area contributed by atoms with E-state index in [4.69, 9.17) is 11.6 Å². The van der Waals surface area contributed by atoms with Gasteiger partial charge in [-0.15, -0.1) is 0 Å². The maximum Gasteiger partial charge on any atom is 0.282 e. The Kier molecular flexibility index (Phi) is 5.63. The largest absolute Gasteiger partial charge is 0.282 e. The molecular weight excluding hydrogens is 525 g/mol. The number of halogens is 4. The van der Waals surface area contributed by atoms with Crippen LogP contribution in [0, 0.1) is 5.82 Å². The van der Waals surface area contributed by atoms with E-state index in [0.29, 0.717) is 37.3 Å². The summed E-state index contributed by atoms with van der Waals surface area (Å²) < 4.78 is 16.1. The molecule has 0 unspecified atom stereocenters. The first kappa shape index (κ1) is 19.9. The summed E-state index contributed by atoms with van der Waals surface area (Å²) in [4.78, 5) is 17.9. The fourth-order valence-corrected chi connectivity index (χ4v) is 4.25. The van der Waals surface area contributed by atoms with Gasteiger partial charge in [-0.1, -0.05) is 39.7 Å². The van der Waals surface area contributed by atoms with Crippen molar-refractivity contribution in [2.45, 2.75) is 0 Å². The lowest BCUT2D eigenvalue weighted by Gasteiger charge is -2.11. The standard InChI is InChI=1S/C21H11Br2ClFN3O/c22-14-9-17-19(18(23)10-14)27-20(13-4-6-15(24)7-5-13)28(21(17)29)26-11-12-2-1-3-16(25)8-12/h1-11H/b26-11+. The van der Waals surface area contributed by atoms with Crippen molar-refractivity contribution in [2.75, 3.05) is 0 Å². The van der Waals surface area contributed by atoms with Crippen LogP contribution in [0.2, 0.25) is 5.02 Å². The average Bonchev–Trinajstić information content (AvgIpc) is 2.68. The van der Waals surface area contributed by atoms with Gasteiger partial charge < -0.3 is 0 Å². The lowest BCUT2D eigenvalue weighted by atomic mass is 10.2. The highest BCUT2D eigenvalue weighted by atomic mass is 79.9. The van der Waals surface area contributed by atoms with Crippen LogP contribution in [-0.2, 0) is 0 Å². The zero-order valence-electron chi connectivity index (χ0n) is 14.6. The van der Waals surface area contributed by atoms with Crippen LogP contribution >= 0.6 is 43.5 Å². The zero-order valence-corrected chi connectivity index (χ0v) is 18.5. The second-order valence-corrected chi connectivity index (χ2v) is 8.35. The van der Waals surface area contributed by atoms with Gasteiger partial charge in [-0.05, 0) is 70.0 Å². The molecule has 0 aliphatic carbocycles. The van der Waals surface area contributed by atoms with Gasteiger partial charge in [0.25, 0.3) is 5.56 Å². The van der Waals surface area contributed by atoms with Crippen LogP contribution in [0.25, 0.3) is 22.3 Å². The van der Waals surface area contributed by atoms with E-state index in [0.717, 1.165) is 4.47 Å². The summed E-state index contributed by atoms with van der Waals surface area (Å²) in [5.74, 6) is -0.0430. The molecule has 0 spiro atoms. The molecule has 8 heteroatoms. The van der Waals surface area contributed by atoms with Gasteiger partial charge in [0.2, 0.25) is 0 Å². The highest BCUT2D eigenvalue weighted by Crippen LogP contribution is 2.28. The highest BCUT2D eigenvalue weighted by Gasteiger charge is 2.15. The van der Waals surface area contributed by atoms with Gasteiger partial charge in [-0.25, -0.2) is 9.37 Å². The van der Waals surface area contributed by atoms with Crippen molar-refractivity contribution in [3.8, 4) is 11.4 Å². The van der Waals surface area contributed by atoms with Crippen molar-refractivity contribution >= 4 is 60.6 Å². The van der Waals surface area contributed by atoms with E-state index in [-0.39, 0.29) is 11.4 Å². The number of hydrogen-bond acceptors (Lipinski definition) is 3. The Hall–Kier alpha value is -2.35. The second-order valence-electron chi connectivity index (χ2n) is 6.14. The topological polar surface area (TPSA) is 47.2 Å². The number of hydrogen-bond donors (Lipinski definition) is 0. The zero-order chi connectivity index (χ0) is 20.5. The fraction of sp³-hybridized carbons (Fsp3) is 0. The van der Waals surface area contributed by atoms with E-state index in [1.54, 1.807) is 42.5 Å². The Morgan fingerprint density at radius 1 is 1.07 bits per heavy atom. The molecule has 0 aliphatic rings. The molecule has 1 aromatic heterocycles. The van der Waals surface area contributed by atoms with E-state index in [1.807, 2.05) is 6.07 Å². The Morgan fingerprint density at radius 3 is 2.55 bits per heavy atom. The van der Waals surface area contributed by atoms with Crippen molar-refractivity contribution in [2.24, 2.45) is 5.10 Å². The fourth-order valence-electron chi connectivity index (χ4n) is 2.81. The molecule has 1 heterocycles. The number of nitrogens with zero attached hydrogens (tertiary/aromatic N) is 3. The monoisotopic (exact) mass is 533 g/mol. The maximum atomic E-state index is 13.5. The molecule has 0 bridgehead atoms. The van der Waals surface area contributed by atoms with Crippen LogP contribution in [0.5, 0.6) is 0 Å². The number of aromatic nitrogens is 2. The van der Waals surface area contributed by atoms with Gasteiger partial charge in [-0.2, -0.15) is 9.78 Å². The van der Waals surface area contributed by atoms with Crippen molar-refractivity contribution in [3.63, 3.8) is 0 Å². The summed E-state index contributed by atoms with van der Waals surface area (Å²) >= 11 is 12.9. The number of rotatable bonds is 3. The van der Waals surface area contributed by atoms with Gasteiger partial charge >= 0.3 is 0 Å². The molecule has 0 atom stereocenters. The Bertz CT molecular complexity index is 1320. The third-order valence-corrected chi connectivity index (χ3v) is 5.46. The van der Waals surface area contributed by atoms with E-state index < -0.39 is 0 Å². The first-order chi connectivity index (χ1) is 13.9. The van der Waals surface area contributed by atoms with Gasteiger partial charge in [0.05, 0.1) is 17.1 Å². The van der Waals surface area contributed by atoms with Gasteiger partial charge in [0.1, 0.15) is 5.82 Å². The summed E-state index contributed by atoms with van der Waals surface area (Å²) in [7, 11) is 0. The van der Waals surface area contributed by atoms with Crippen LogP contribution in [0.4, 0.5) is 4.39 Å². The van der Waals surface area contributed by atoms with E-state index in [2.05, 4.69) is 41.9 Å². The van der Waals surface area contributed by atoms with E-state index in [9.17, 15) is 9.18 Å². The number of fused-ring (bicyclic) bond motifs is 1. The predicted molar refractivity (Wildman–Crippen MR) is 121 cm³/mol. The Balaban J connectivity index is 1.99. The van der Waals surface area contributed by atoms with E-state index in [1.165, 1.54) is 23.0 Å². The van der Waals surface area contributed by atoms with Crippen molar-refractivity contribution < 1.29 is 4.39 Å². The van der Waals surface area contributed by atoms with Crippen molar-refractivity contribution in [1.29, 1.82) is 0 Å². The smallest absolute Gasteiger partial charge is 0.267 e. The van der Waals surface area contributed by atoms with Gasteiger partial charge in [-0.3, -0.25) is 4.79 Å². The summed E-state index contributed by atoms with van der Waals surface area (Å²) in [6.07, 6.45) is 1.42. The van der Waals surface area contributed by atoms with Crippen LogP contribution in [0.15, 0.2) is 79.5 Å². The summed E-state index contributed by atoms with van der Waals surface area (Å²) in [6, 6.07) is 16.4. The minimum atomic E-state index is -0.385. The van der Waals surface area contributed by atoms with Crippen LogP contribution in [0.1, 0.15) is 5.56 Å². The first-order valence-corrected chi connectivity index (χ1v) is 10.4. The molecule has 4 rings (SSSR count). The summed E-state index contributed by atoms with van der Waals surface area (Å²) in [6.45, 7) is 0. The lowest BCUT2D eigenvalue weighted by molar-refractivity contribution is 0.627. The molecule has 4 nitrogen and oxygen atoms in total. The van der Waals surface area contributed by atoms with Crippen LogP contribution < -0.4 is 5.56 Å². The minimum absolute atomic E-state index is 0.342. The third-order valence-electron chi connectivity index (χ3n) is 4.14. The normalized spacial score (nSPS) is 11.4. The molecule has 3 aromatic carbocycles. The Morgan fingerprint density at radius 2 is 1.83 bits per heavy atom. The second kappa shape index (κ2) is 8.18. The summed E-state index contributed by atoms with van der Waals surface area (Å²) in [5.41, 5.74) is 1.35. The van der Waals surface area contributed by atoms with Crippen LogP contribution in [0.3, 0.4) is 0 Å². The molecule has 0 amide bonds. The average molecular weight is 536 g/mol. The molecule has 0 aliphatic heterocycles. The SMILES string of the molecule is O=c1c2cc(Br)cc(Br)c2nc(-c2ccc(Cl)cc2)n1/N=C/c1cccc(F)c1. The van der Waals surface area contributed by atoms with E-state index >= 15 is 0 Å². The van der Waals surface area contributed by atoms with Gasteiger partial charge in [0, 0.05) is 19.5 Å². The maximum absolute atomic E-state index is 13.5. The van der Waals surface area contributed by atoms with Crippen molar-refractivity contribution in [3.05, 3.63) is 96.4 Å².